The largest absolute Gasteiger partial charge is 0.385 e. The summed E-state index contributed by atoms with van der Waals surface area (Å²) < 4.78 is 5.58. The van der Waals surface area contributed by atoms with Gasteiger partial charge in [0.15, 0.2) is 0 Å². The molecule has 0 bridgehead atoms. The minimum atomic E-state index is 0.110. The van der Waals surface area contributed by atoms with E-state index in [9.17, 15) is 9.59 Å². The van der Waals surface area contributed by atoms with Gasteiger partial charge in [0.2, 0.25) is 11.8 Å². The van der Waals surface area contributed by atoms with Crippen molar-refractivity contribution in [3.05, 3.63) is 64.4 Å². The van der Waals surface area contributed by atoms with Crippen molar-refractivity contribution in [2.24, 2.45) is 0 Å². The van der Waals surface area contributed by atoms with Crippen LogP contribution in [0.4, 0.5) is 0 Å². The van der Waals surface area contributed by atoms with Crippen molar-refractivity contribution in [2.45, 2.75) is 77.4 Å². The number of nitrogens with zero attached hydrogens (tertiary/aromatic N) is 2. The zero-order chi connectivity index (χ0) is 25.1. The molecule has 6 nitrogen and oxygen atoms in total. The molecule has 1 atom stereocenters. The van der Waals surface area contributed by atoms with E-state index in [2.05, 4.69) is 48.7 Å². The first-order valence-corrected chi connectivity index (χ1v) is 13.6. The summed E-state index contributed by atoms with van der Waals surface area (Å²) in [7, 11) is 0. The first-order valence-electron chi connectivity index (χ1n) is 13.6. The van der Waals surface area contributed by atoms with E-state index >= 15 is 0 Å². The predicted molar refractivity (Wildman–Crippen MR) is 142 cm³/mol. The molecule has 0 aromatic heterocycles. The Kier molecular flexibility index (Phi) is 7.61. The number of rotatable bonds is 6. The van der Waals surface area contributed by atoms with Crippen LogP contribution in [0.25, 0.3) is 5.57 Å². The molecule has 6 heteroatoms. The second-order valence-corrected chi connectivity index (χ2v) is 10.4. The van der Waals surface area contributed by atoms with Gasteiger partial charge < -0.3 is 19.9 Å². The summed E-state index contributed by atoms with van der Waals surface area (Å²) in [6.07, 6.45) is 12.9. The number of ether oxygens (including phenoxy) is 1. The van der Waals surface area contributed by atoms with E-state index in [1.54, 1.807) is 6.92 Å². The molecule has 192 valence electrons. The average Bonchev–Trinajstić information content (AvgIpc) is 3.42. The molecule has 1 aromatic rings. The fourth-order valence-electron chi connectivity index (χ4n) is 6.07. The van der Waals surface area contributed by atoms with Crippen LogP contribution >= 0.6 is 0 Å². The summed E-state index contributed by atoms with van der Waals surface area (Å²) >= 11 is 0. The van der Waals surface area contributed by atoms with Crippen LogP contribution in [0.1, 0.15) is 69.1 Å². The van der Waals surface area contributed by atoms with Gasteiger partial charge in [-0.1, -0.05) is 43.4 Å². The van der Waals surface area contributed by atoms with E-state index in [-0.39, 0.29) is 17.9 Å². The van der Waals surface area contributed by atoms with E-state index < -0.39 is 0 Å². The Morgan fingerprint density at radius 1 is 1.19 bits per heavy atom. The molecule has 5 rings (SSSR count). The Bertz CT molecular complexity index is 1100. The van der Waals surface area contributed by atoms with Crippen molar-refractivity contribution in [3.63, 3.8) is 0 Å². The van der Waals surface area contributed by atoms with Gasteiger partial charge in [0.1, 0.15) is 0 Å². The Morgan fingerprint density at radius 3 is 2.75 bits per heavy atom. The fourth-order valence-corrected chi connectivity index (χ4v) is 6.07. The van der Waals surface area contributed by atoms with E-state index in [1.807, 2.05) is 9.80 Å². The van der Waals surface area contributed by atoms with E-state index in [0.717, 1.165) is 69.4 Å². The summed E-state index contributed by atoms with van der Waals surface area (Å²) in [4.78, 5) is 29.7. The Labute approximate surface area is 215 Å². The highest BCUT2D eigenvalue weighted by Gasteiger charge is 2.32. The molecule has 0 saturated carbocycles. The van der Waals surface area contributed by atoms with Crippen molar-refractivity contribution in [1.29, 1.82) is 0 Å². The monoisotopic (exact) mass is 489 g/mol. The molecule has 1 N–H and O–H groups in total. The molecular formula is C30H39N3O3. The van der Waals surface area contributed by atoms with Crippen LogP contribution in [-0.2, 0) is 27.3 Å². The van der Waals surface area contributed by atoms with Crippen LogP contribution in [0.5, 0.6) is 0 Å². The van der Waals surface area contributed by atoms with Crippen molar-refractivity contribution in [1.82, 2.24) is 15.1 Å². The molecule has 1 aliphatic carbocycles. The number of carbonyl (C=O) groups is 2. The second-order valence-electron chi connectivity index (χ2n) is 10.4. The average molecular weight is 490 g/mol. The van der Waals surface area contributed by atoms with Crippen molar-refractivity contribution >= 4 is 17.4 Å². The molecule has 1 fully saturated rings. The summed E-state index contributed by atoms with van der Waals surface area (Å²) in [6, 6.07) is 7.10. The molecule has 1 unspecified atom stereocenters. The number of hydrogen-bond acceptors (Lipinski definition) is 4. The highest BCUT2D eigenvalue weighted by molar-refractivity contribution is 5.89. The molecule has 0 spiro atoms. The number of carbonyl (C=O) groups excluding carboxylic acids is 2. The van der Waals surface area contributed by atoms with Crippen LogP contribution < -0.4 is 5.32 Å². The summed E-state index contributed by atoms with van der Waals surface area (Å²) in [6.45, 7) is 7.40. The minimum Gasteiger partial charge on any atom is -0.385 e. The zero-order valence-corrected chi connectivity index (χ0v) is 21.7. The van der Waals surface area contributed by atoms with Crippen molar-refractivity contribution in [3.8, 4) is 0 Å². The quantitative estimate of drug-likeness (QED) is 0.604. The van der Waals surface area contributed by atoms with E-state index in [0.29, 0.717) is 25.6 Å². The third-order valence-electron chi connectivity index (χ3n) is 8.06. The fraction of sp³-hybridized carbons (Fsp3) is 0.533. The molecular weight excluding hydrogens is 450 g/mol. The highest BCUT2D eigenvalue weighted by Crippen LogP contribution is 2.36. The second kappa shape index (κ2) is 11.0. The summed E-state index contributed by atoms with van der Waals surface area (Å²) in [5.74, 6) is 0.324. The van der Waals surface area contributed by atoms with Crippen LogP contribution in [0.15, 0.2) is 47.7 Å². The predicted octanol–water partition coefficient (Wildman–Crippen LogP) is 4.36. The number of benzene rings is 1. The third-order valence-corrected chi connectivity index (χ3v) is 8.06. The molecule has 2 amide bonds. The lowest BCUT2D eigenvalue weighted by atomic mass is 9.84. The molecule has 4 aliphatic rings. The SMILES string of the molecule is CC/C=C(/C1=C(NC2CCOCC2)CCN(C(C)=O)C1)c1cccc2c1CC(=O)N(C1C=CCC1)C2. The molecule has 36 heavy (non-hydrogen) atoms. The van der Waals surface area contributed by atoms with Crippen molar-refractivity contribution in [2.75, 3.05) is 26.3 Å². The van der Waals surface area contributed by atoms with Gasteiger partial charge in [-0.2, -0.15) is 0 Å². The van der Waals surface area contributed by atoms with Crippen LogP contribution in [-0.4, -0.2) is 60.0 Å². The van der Waals surface area contributed by atoms with Crippen LogP contribution in [0.2, 0.25) is 0 Å². The van der Waals surface area contributed by atoms with Crippen LogP contribution in [0.3, 0.4) is 0 Å². The molecule has 1 aromatic carbocycles. The number of amides is 2. The maximum atomic E-state index is 13.3. The standard InChI is InChI=1S/C30H39N3O3/c1-3-7-25(28-20-32(21(2)34)15-12-29(28)31-23-13-16-36-17-14-23)26-11-6-8-22-19-33(24-9-4-5-10-24)30(35)18-27(22)26/h4,6-9,11,23-24,31H,3,5,10,12-20H2,1-2H3/b25-7+. The first kappa shape index (κ1) is 24.8. The van der Waals surface area contributed by atoms with Gasteiger partial charge in [-0.15, -0.1) is 0 Å². The summed E-state index contributed by atoms with van der Waals surface area (Å²) in [5.41, 5.74) is 7.17. The van der Waals surface area contributed by atoms with Crippen molar-refractivity contribution < 1.29 is 14.3 Å². The molecule has 3 aliphatic heterocycles. The van der Waals surface area contributed by atoms with Gasteiger partial charge in [-0.25, -0.2) is 0 Å². The summed E-state index contributed by atoms with van der Waals surface area (Å²) in [5, 5.41) is 3.85. The Balaban J connectivity index is 1.52. The number of nitrogens with one attached hydrogen (secondary N) is 1. The van der Waals surface area contributed by atoms with Crippen LogP contribution in [0, 0.1) is 0 Å². The minimum absolute atomic E-state index is 0.110. The Morgan fingerprint density at radius 2 is 2.03 bits per heavy atom. The lowest BCUT2D eigenvalue weighted by Crippen LogP contribution is -2.43. The maximum Gasteiger partial charge on any atom is 0.227 e. The zero-order valence-electron chi connectivity index (χ0n) is 21.7. The molecule has 0 radical (unpaired) electrons. The van der Waals surface area contributed by atoms with Gasteiger partial charge in [0.25, 0.3) is 0 Å². The maximum absolute atomic E-state index is 13.3. The smallest absolute Gasteiger partial charge is 0.227 e. The van der Waals surface area contributed by atoms with Gasteiger partial charge in [-0.05, 0) is 59.9 Å². The number of fused-ring (bicyclic) bond motifs is 1. The molecule has 3 heterocycles. The third kappa shape index (κ3) is 5.15. The number of allylic oxidation sites excluding steroid dienone is 2. The first-order chi connectivity index (χ1) is 17.5. The molecule has 1 saturated heterocycles. The Hall–Kier alpha value is -2.86. The lowest BCUT2D eigenvalue weighted by Gasteiger charge is -2.36. The lowest BCUT2D eigenvalue weighted by molar-refractivity contribution is -0.133. The van der Waals surface area contributed by atoms with Gasteiger partial charge in [0, 0.05) is 57.9 Å². The van der Waals surface area contributed by atoms with Gasteiger partial charge >= 0.3 is 0 Å². The number of hydrogen-bond donors (Lipinski definition) is 1. The van der Waals surface area contributed by atoms with E-state index in [1.165, 1.54) is 22.4 Å². The normalized spacial score (nSPS) is 23.3. The van der Waals surface area contributed by atoms with Gasteiger partial charge in [-0.3, -0.25) is 9.59 Å². The van der Waals surface area contributed by atoms with Gasteiger partial charge in [0.05, 0.1) is 12.5 Å². The van der Waals surface area contributed by atoms with E-state index in [4.69, 9.17) is 4.74 Å². The topological polar surface area (TPSA) is 61.9 Å². The highest BCUT2D eigenvalue weighted by atomic mass is 16.5.